The molecule has 4 nitrogen and oxygen atoms in total. The van der Waals surface area contributed by atoms with E-state index in [1.165, 1.54) is 12.8 Å². The van der Waals surface area contributed by atoms with Crippen molar-refractivity contribution in [1.82, 2.24) is 10.2 Å². The molecule has 1 saturated heterocycles. The average Bonchev–Trinajstić information content (AvgIpc) is 2.57. The second-order valence-corrected chi connectivity index (χ2v) is 6.79. The summed E-state index contributed by atoms with van der Waals surface area (Å²) in [6.07, 6.45) is 3.04. The van der Waals surface area contributed by atoms with E-state index in [4.69, 9.17) is 16.3 Å². The van der Waals surface area contributed by atoms with Crippen LogP contribution in [0.4, 0.5) is 0 Å². The summed E-state index contributed by atoms with van der Waals surface area (Å²) in [5.74, 6) is 1.88. The summed E-state index contributed by atoms with van der Waals surface area (Å²) in [7, 11) is 1.84. The molecule has 0 aromatic heterocycles. The van der Waals surface area contributed by atoms with Crippen molar-refractivity contribution in [2.75, 3.05) is 33.3 Å². The lowest BCUT2D eigenvalue weighted by Crippen LogP contribution is -2.37. The molecule has 24 heavy (non-hydrogen) atoms. The summed E-state index contributed by atoms with van der Waals surface area (Å²) < 4.78 is 5.64. The Hall–Kier alpha value is -0.970. The second-order valence-electron chi connectivity index (χ2n) is 6.38. The van der Waals surface area contributed by atoms with Gasteiger partial charge in [0.05, 0.1) is 11.6 Å². The first-order valence-corrected chi connectivity index (χ1v) is 8.77. The SMILES string of the molecule is CC(CC(=O)N(C)CCOc1ccccc1Cl)C1CCCNC1.Cl. The molecule has 1 aliphatic heterocycles. The number of nitrogens with zero attached hydrogens (tertiary/aromatic N) is 1. The zero-order valence-electron chi connectivity index (χ0n) is 14.5. The van der Waals surface area contributed by atoms with Crippen molar-refractivity contribution >= 4 is 29.9 Å². The summed E-state index contributed by atoms with van der Waals surface area (Å²) in [6.45, 7) is 5.35. The van der Waals surface area contributed by atoms with Crippen LogP contribution in [0, 0.1) is 11.8 Å². The lowest BCUT2D eigenvalue weighted by Gasteiger charge is -2.29. The number of benzene rings is 1. The number of halogens is 2. The largest absolute Gasteiger partial charge is 0.490 e. The fraction of sp³-hybridized carbons (Fsp3) is 0.611. The molecule has 1 heterocycles. The molecule has 2 unspecified atom stereocenters. The third-order valence-corrected chi connectivity index (χ3v) is 4.90. The van der Waals surface area contributed by atoms with Crippen LogP contribution in [0.5, 0.6) is 5.75 Å². The summed E-state index contributed by atoms with van der Waals surface area (Å²) in [5, 5.41) is 4.02. The van der Waals surface area contributed by atoms with Crippen LogP contribution in [0.3, 0.4) is 0 Å². The number of likely N-dealkylation sites (N-methyl/N-ethyl adjacent to an activating group) is 1. The van der Waals surface area contributed by atoms with E-state index < -0.39 is 0 Å². The zero-order valence-corrected chi connectivity index (χ0v) is 16.0. The van der Waals surface area contributed by atoms with Crippen LogP contribution < -0.4 is 10.1 Å². The predicted octanol–water partition coefficient (Wildman–Crippen LogP) is 3.62. The third kappa shape index (κ3) is 6.50. The molecule has 1 aromatic rings. The zero-order chi connectivity index (χ0) is 16.7. The molecule has 2 rings (SSSR count). The number of ether oxygens (including phenoxy) is 1. The van der Waals surface area contributed by atoms with E-state index in [0.717, 1.165) is 13.1 Å². The van der Waals surface area contributed by atoms with Crippen molar-refractivity contribution in [1.29, 1.82) is 0 Å². The van der Waals surface area contributed by atoms with Gasteiger partial charge >= 0.3 is 0 Å². The maximum atomic E-state index is 12.3. The summed E-state index contributed by atoms with van der Waals surface area (Å²) in [6, 6.07) is 7.39. The fourth-order valence-corrected chi connectivity index (χ4v) is 3.13. The minimum Gasteiger partial charge on any atom is -0.490 e. The number of piperidine rings is 1. The first-order valence-electron chi connectivity index (χ1n) is 8.40. The number of hydrogen-bond donors (Lipinski definition) is 1. The number of rotatable bonds is 7. The van der Waals surface area contributed by atoms with E-state index in [0.29, 0.717) is 42.2 Å². The van der Waals surface area contributed by atoms with Gasteiger partial charge < -0.3 is 15.0 Å². The van der Waals surface area contributed by atoms with Crippen LogP contribution in [-0.4, -0.2) is 44.1 Å². The predicted molar refractivity (Wildman–Crippen MR) is 101 cm³/mol. The lowest BCUT2D eigenvalue weighted by molar-refractivity contribution is -0.131. The number of carbonyl (C=O) groups is 1. The summed E-state index contributed by atoms with van der Waals surface area (Å²) in [5.41, 5.74) is 0. The molecule has 2 atom stereocenters. The van der Waals surface area contributed by atoms with Gasteiger partial charge in [-0.2, -0.15) is 0 Å². The molecule has 6 heteroatoms. The smallest absolute Gasteiger partial charge is 0.222 e. The van der Waals surface area contributed by atoms with E-state index in [1.54, 1.807) is 11.0 Å². The van der Waals surface area contributed by atoms with Crippen LogP contribution in [0.2, 0.25) is 5.02 Å². The van der Waals surface area contributed by atoms with Crippen LogP contribution in [0.15, 0.2) is 24.3 Å². The molecule has 0 radical (unpaired) electrons. The molecule has 0 aliphatic carbocycles. The van der Waals surface area contributed by atoms with Gasteiger partial charge in [-0.15, -0.1) is 12.4 Å². The van der Waals surface area contributed by atoms with Crippen LogP contribution in [-0.2, 0) is 4.79 Å². The molecule has 1 amide bonds. The van der Waals surface area contributed by atoms with Gasteiger partial charge in [0, 0.05) is 13.5 Å². The Kier molecular flexibility index (Phi) is 9.49. The standard InChI is InChI=1S/C18H27ClN2O2.ClH/c1-14(15-6-5-9-20-13-15)12-18(22)21(2)10-11-23-17-8-4-3-7-16(17)19;/h3-4,7-8,14-15,20H,5-6,9-13H2,1-2H3;1H. The topological polar surface area (TPSA) is 41.6 Å². The highest BCUT2D eigenvalue weighted by Gasteiger charge is 2.23. The minimum absolute atomic E-state index is 0. The van der Waals surface area contributed by atoms with Crippen molar-refractivity contribution in [3.63, 3.8) is 0 Å². The van der Waals surface area contributed by atoms with E-state index >= 15 is 0 Å². The molecule has 1 fully saturated rings. The molecule has 1 aromatic carbocycles. The van der Waals surface area contributed by atoms with E-state index in [-0.39, 0.29) is 18.3 Å². The van der Waals surface area contributed by atoms with Gasteiger partial charge in [0.15, 0.2) is 0 Å². The van der Waals surface area contributed by atoms with E-state index in [2.05, 4.69) is 12.2 Å². The van der Waals surface area contributed by atoms with Crippen molar-refractivity contribution in [3.05, 3.63) is 29.3 Å². The first kappa shape index (κ1) is 21.1. The Morgan fingerprint density at radius 1 is 1.46 bits per heavy atom. The summed E-state index contributed by atoms with van der Waals surface area (Å²) >= 11 is 6.05. The second kappa shape index (κ2) is 10.8. The number of amides is 1. The number of para-hydroxylation sites is 1. The first-order chi connectivity index (χ1) is 11.1. The van der Waals surface area contributed by atoms with Crippen molar-refractivity contribution < 1.29 is 9.53 Å². The Bertz CT molecular complexity index is 508. The maximum Gasteiger partial charge on any atom is 0.222 e. The van der Waals surface area contributed by atoms with Gasteiger partial charge in [0.2, 0.25) is 5.91 Å². The molecular formula is C18H28Cl2N2O2. The van der Waals surface area contributed by atoms with Gasteiger partial charge in [-0.05, 0) is 49.9 Å². The highest BCUT2D eigenvalue weighted by Crippen LogP contribution is 2.24. The molecular weight excluding hydrogens is 347 g/mol. The Morgan fingerprint density at radius 3 is 2.88 bits per heavy atom. The monoisotopic (exact) mass is 374 g/mol. The summed E-state index contributed by atoms with van der Waals surface area (Å²) in [4.78, 5) is 14.1. The highest BCUT2D eigenvalue weighted by molar-refractivity contribution is 6.32. The molecule has 1 N–H and O–H groups in total. The van der Waals surface area contributed by atoms with Crippen LogP contribution in [0.25, 0.3) is 0 Å². The van der Waals surface area contributed by atoms with Crippen LogP contribution >= 0.6 is 24.0 Å². The Labute approximate surface area is 156 Å². The van der Waals surface area contributed by atoms with Gasteiger partial charge in [0.1, 0.15) is 12.4 Å². The van der Waals surface area contributed by atoms with Crippen molar-refractivity contribution in [2.45, 2.75) is 26.2 Å². The normalized spacial score (nSPS) is 18.4. The van der Waals surface area contributed by atoms with Crippen LogP contribution in [0.1, 0.15) is 26.2 Å². The maximum absolute atomic E-state index is 12.3. The van der Waals surface area contributed by atoms with Gasteiger partial charge in [-0.25, -0.2) is 0 Å². The molecule has 136 valence electrons. The van der Waals surface area contributed by atoms with E-state index in [1.807, 2.05) is 25.2 Å². The number of carbonyl (C=O) groups excluding carboxylic acids is 1. The fourth-order valence-electron chi connectivity index (χ4n) is 2.94. The van der Waals surface area contributed by atoms with Crippen molar-refractivity contribution in [2.24, 2.45) is 11.8 Å². The Morgan fingerprint density at radius 2 is 2.21 bits per heavy atom. The molecule has 1 aliphatic rings. The molecule has 0 saturated carbocycles. The number of hydrogen-bond acceptors (Lipinski definition) is 3. The lowest BCUT2D eigenvalue weighted by atomic mass is 9.85. The number of nitrogens with one attached hydrogen (secondary N) is 1. The minimum atomic E-state index is 0. The Balaban J connectivity index is 0.00000288. The molecule has 0 bridgehead atoms. The highest BCUT2D eigenvalue weighted by atomic mass is 35.5. The van der Waals surface area contributed by atoms with Gasteiger partial charge in [-0.1, -0.05) is 30.7 Å². The van der Waals surface area contributed by atoms with Gasteiger partial charge in [0.25, 0.3) is 0 Å². The van der Waals surface area contributed by atoms with Crippen molar-refractivity contribution in [3.8, 4) is 5.75 Å². The van der Waals surface area contributed by atoms with Gasteiger partial charge in [-0.3, -0.25) is 4.79 Å². The molecule has 0 spiro atoms. The third-order valence-electron chi connectivity index (χ3n) is 4.58. The van der Waals surface area contributed by atoms with E-state index in [9.17, 15) is 4.79 Å². The quantitative estimate of drug-likeness (QED) is 0.792. The average molecular weight is 375 g/mol.